The van der Waals surface area contributed by atoms with Crippen LogP contribution in [0.5, 0.6) is 23.0 Å². The first-order valence-electron chi connectivity index (χ1n) is 20.2. The highest BCUT2D eigenvalue weighted by atomic mass is 16.7. The van der Waals surface area contributed by atoms with Gasteiger partial charge in [0.25, 0.3) is 5.69 Å². The second-order valence-electron chi connectivity index (χ2n) is 15.6. The van der Waals surface area contributed by atoms with Gasteiger partial charge in [0.1, 0.15) is 41.8 Å². The molecule has 4 aromatic carbocycles. The number of phenols is 2. The third-order valence-electron chi connectivity index (χ3n) is 11.5. The third kappa shape index (κ3) is 9.18. The van der Waals surface area contributed by atoms with Crippen LogP contribution < -0.4 is 25.6 Å². The quantitative estimate of drug-likeness (QED) is 0.0451. The lowest BCUT2D eigenvalue weighted by atomic mass is 9.72. The number of non-ortho nitro benzene ring substituents is 1. The Morgan fingerprint density at radius 2 is 1.65 bits per heavy atom. The lowest BCUT2D eigenvalue weighted by Crippen LogP contribution is -2.55. The van der Waals surface area contributed by atoms with Gasteiger partial charge in [-0.2, -0.15) is 0 Å². The number of methoxy groups -OCH3 is 2. The topological polar surface area (TPSA) is 321 Å². The van der Waals surface area contributed by atoms with Crippen molar-refractivity contribution in [2.75, 3.05) is 26.1 Å². The number of aliphatic hydroxyl groups excluding tert-OH is 2. The Hall–Kier alpha value is -7.21. The van der Waals surface area contributed by atoms with Gasteiger partial charge in [-0.1, -0.05) is 24.3 Å². The zero-order valence-electron chi connectivity index (χ0n) is 35.4. The van der Waals surface area contributed by atoms with Crippen molar-refractivity contribution in [3.05, 3.63) is 115 Å². The van der Waals surface area contributed by atoms with Crippen molar-refractivity contribution >= 4 is 40.9 Å². The molecule has 22 heteroatoms. The fourth-order valence-corrected chi connectivity index (χ4v) is 8.14. The summed E-state index contributed by atoms with van der Waals surface area (Å²) in [6.07, 6.45) is -8.40. The number of hydroxylamine groups is 1. The highest BCUT2D eigenvalue weighted by Gasteiger charge is 2.50. The molecule has 1 heterocycles. The van der Waals surface area contributed by atoms with E-state index in [0.717, 1.165) is 0 Å². The molecule has 4 aromatic rings. The van der Waals surface area contributed by atoms with E-state index >= 15 is 0 Å². The van der Waals surface area contributed by atoms with Crippen LogP contribution in [0.4, 0.5) is 21.0 Å². The van der Waals surface area contributed by atoms with E-state index < -0.39 is 113 Å². The van der Waals surface area contributed by atoms with Gasteiger partial charge in [0.15, 0.2) is 17.9 Å². The number of amides is 2. The van der Waals surface area contributed by atoms with Crippen LogP contribution in [0, 0.1) is 10.1 Å². The molecule has 66 heavy (non-hydrogen) atoms. The van der Waals surface area contributed by atoms with E-state index in [2.05, 4.69) is 16.1 Å². The summed E-state index contributed by atoms with van der Waals surface area (Å²) in [6.45, 7) is 0.110. The number of benzene rings is 4. The van der Waals surface area contributed by atoms with Gasteiger partial charge in [0.2, 0.25) is 5.78 Å². The highest BCUT2D eigenvalue weighted by molar-refractivity contribution is 6.31. The molecule has 1 saturated heterocycles. The smallest absolute Gasteiger partial charge is 0.426 e. The molecule has 0 bridgehead atoms. The number of nitro groups is 1. The Bertz CT molecular complexity index is 2600. The van der Waals surface area contributed by atoms with Crippen molar-refractivity contribution in [1.82, 2.24) is 10.8 Å². The van der Waals surface area contributed by atoms with Crippen LogP contribution in [-0.2, 0) is 43.4 Å². The fraction of sp³-hybridized carbons (Fsp3) is 0.341. The number of nitrogens with one attached hydrogen (secondary N) is 3. The predicted molar refractivity (Wildman–Crippen MR) is 224 cm³/mol. The fourth-order valence-electron chi connectivity index (χ4n) is 8.14. The lowest BCUT2D eigenvalue weighted by Gasteiger charge is -2.42. The third-order valence-corrected chi connectivity index (χ3v) is 11.5. The minimum Gasteiger partial charge on any atom is -0.507 e. The van der Waals surface area contributed by atoms with Gasteiger partial charge in [-0.25, -0.2) is 9.59 Å². The van der Waals surface area contributed by atoms with Crippen LogP contribution >= 0.6 is 0 Å². The molecule has 348 valence electrons. The molecule has 7 rings (SSSR count). The summed E-state index contributed by atoms with van der Waals surface area (Å²) in [5.74, 6) is -4.09. The van der Waals surface area contributed by atoms with Crippen molar-refractivity contribution in [2.45, 2.75) is 75.6 Å². The average Bonchev–Trinajstić information content (AvgIpc) is 3.30. The second-order valence-corrected chi connectivity index (χ2v) is 15.6. The summed E-state index contributed by atoms with van der Waals surface area (Å²) >= 11 is 0. The minimum atomic E-state index is -2.39. The number of carbonyl (C=O) groups excluding carboxylic acids is 5. The monoisotopic (exact) mass is 916 g/mol. The number of hydrogen-bond donors (Lipinski definition) is 8. The molecule has 1 fully saturated rings. The molecule has 2 aliphatic carbocycles. The van der Waals surface area contributed by atoms with E-state index in [1.54, 1.807) is 24.3 Å². The van der Waals surface area contributed by atoms with Gasteiger partial charge in [-0.3, -0.25) is 29.8 Å². The van der Waals surface area contributed by atoms with E-state index in [1.165, 1.54) is 57.5 Å². The molecule has 0 spiro atoms. The van der Waals surface area contributed by atoms with E-state index in [9.17, 15) is 59.6 Å². The number of fused-ring (bicyclic) bond motifs is 3. The van der Waals surface area contributed by atoms with Gasteiger partial charge in [0, 0.05) is 59.8 Å². The summed E-state index contributed by atoms with van der Waals surface area (Å²) in [6, 6.07) is 13.4. The number of hydrogen-bond acceptors (Lipinski definition) is 19. The number of Topliss-reactive ketones (excluding diaryl/α,β-unsaturated/α-hetero) is 1. The molecule has 1 aliphatic heterocycles. The maximum atomic E-state index is 14.0. The van der Waals surface area contributed by atoms with E-state index in [1.807, 2.05) is 0 Å². The Kier molecular flexibility index (Phi) is 13.5. The number of nitrogens with zero attached hydrogens (tertiary/aromatic N) is 1. The SMILES string of the molecule is COc1cc([N+](=O)[O-])ccc1COC(=O)Nc1ccc(CNC(=O)ONC2CC(O[C@H]3C[C@](O)(C(=O)CO)Cc4c(O)c5c(c(O)c43)C(=O)c3c(OC)cccc3C5=O)OC(C)C2O)cc1. The number of ketones is 3. The summed E-state index contributed by atoms with van der Waals surface area (Å²) in [5.41, 5.74) is -0.638. The summed E-state index contributed by atoms with van der Waals surface area (Å²) in [7, 11) is 2.62. The number of phenolic OH excluding ortho intramolecular Hbond substituents is 2. The molecule has 2 amide bonds. The van der Waals surface area contributed by atoms with Crippen molar-refractivity contribution in [2.24, 2.45) is 0 Å². The molecule has 0 aromatic heterocycles. The normalized spacial score (nSPS) is 21.9. The van der Waals surface area contributed by atoms with Crippen molar-refractivity contribution in [3.8, 4) is 23.0 Å². The summed E-state index contributed by atoms with van der Waals surface area (Å²) in [5, 5.41) is 71.8. The van der Waals surface area contributed by atoms with Gasteiger partial charge < -0.3 is 59.4 Å². The van der Waals surface area contributed by atoms with Crippen LogP contribution in [0.2, 0.25) is 0 Å². The summed E-state index contributed by atoms with van der Waals surface area (Å²) < 4.78 is 27.8. The van der Waals surface area contributed by atoms with Gasteiger partial charge >= 0.3 is 12.2 Å². The molecule has 0 radical (unpaired) electrons. The Morgan fingerprint density at radius 1 is 0.939 bits per heavy atom. The lowest BCUT2D eigenvalue weighted by molar-refractivity contribution is -0.384. The number of ether oxygens (including phenoxy) is 5. The van der Waals surface area contributed by atoms with Crippen LogP contribution in [0.25, 0.3) is 0 Å². The zero-order valence-corrected chi connectivity index (χ0v) is 35.4. The molecule has 6 atom stereocenters. The zero-order chi connectivity index (χ0) is 47.6. The van der Waals surface area contributed by atoms with Crippen molar-refractivity contribution in [1.29, 1.82) is 0 Å². The first-order valence-corrected chi connectivity index (χ1v) is 20.2. The predicted octanol–water partition coefficient (Wildman–Crippen LogP) is 3.14. The molecule has 0 saturated carbocycles. The minimum absolute atomic E-state index is 0.0350. The first-order chi connectivity index (χ1) is 31.5. The summed E-state index contributed by atoms with van der Waals surface area (Å²) in [4.78, 5) is 81.5. The number of rotatable bonds is 14. The molecule has 3 aliphatic rings. The molecular weight excluding hydrogens is 872 g/mol. The number of anilines is 1. The Morgan fingerprint density at radius 3 is 2.33 bits per heavy atom. The van der Waals surface area contributed by atoms with E-state index in [0.29, 0.717) is 16.8 Å². The van der Waals surface area contributed by atoms with Gasteiger partial charge in [0.05, 0.1) is 66.3 Å². The molecule has 4 unspecified atom stereocenters. The van der Waals surface area contributed by atoms with Crippen molar-refractivity contribution in [3.63, 3.8) is 0 Å². The molecule has 22 nitrogen and oxygen atoms in total. The van der Waals surface area contributed by atoms with E-state index in [-0.39, 0.29) is 59.0 Å². The Labute approximate surface area is 374 Å². The van der Waals surface area contributed by atoms with Crippen LogP contribution in [0.3, 0.4) is 0 Å². The number of aromatic hydroxyl groups is 2. The van der Waals surface area contributed by atoms with Crippen LogP contribution in [-0.4, -0.2) is 111 Å². The maximum absolute atomic E-state index is 14.0. The maximum Gasteiger partial charge on any atom is 0.426 e. The number of nitro benzene ring substituents is 1. The van der Waals surface area contributed by atoms with Crippen LogP contribution in [0.1, 0.15) is 80.0 Å². The van der Waals surface area contributed by atoms with Crippen LogP contribution in [0.15, 0.2) is 60.7 Å². The molecular formula is C44H44N4O18. The number of carbonyl (C=O) groups is 5. The highest BCUT2D eigenvalue weighted by Crippen LogP contribution is 2.52. The molecule has 8 N–H and O–H groups in total. The number of aliphatic hydroxyl groups is 3. The average molecular weight is 917 g/mol. The van der Waals surface area contributed by atoms with Crippen molar-refractivity contribution < 1.29 is 83.0 Å². The Balaban J connectivity index is 0.986. The standard InChI is InChI=1S/C44H44N4O18/c1-20-37(51)27(47-66-42(56)45-17-21-7-10-23(11-8-21)46-43(57)63-19-22-9-12-24(48(59)60)13-29(22)62-3)14-32(64-20)65-30-16-44(58,31(50)18-49)15-26-34(30)41(55)36-35(39(26)53)38(52)25-5-4-6-28(61-2)33(25)40(36)54/h4-13,20,27,30,32,37,47,49,51,53,55,58H,14-19H2,1-3H3,(H,45,56)(H,46,57)/t20?,27?,30-,32?,37?,44-/m0/s1. The first kappa shape index (κ1) is 46.8. The van der Waals surface area contributed by atoms with Gasteiger partial charge in [-0.05, 0) is 36.8 Å². The van der Waals surface area contributed by atoms with E-state index in [4.69, 9.17) is 28.5 Å². The second kappa shape index (κ2) is 19.1. The van der Waals surface area contributed by atoms with Gasteiger partial charge in [-0.15, -0.1) is 5.48 Å². The largest absolute Gasteiger partial charge is 0.507 e.